The van der Waals surface area contributed by atoms with Gasteiger partial charge in [0, 0.05) is 12.6 Å². The molecule has 1 aromatic carbocycles. The molecule has 0 bridgehead atoms. The van der Waals surface area contributed by atoms with Gasteiger partial charge in [0.1, 0.15) is 5.65 Å². The SMILES string of the molecule is NCCc1c(Oc2cccc(Cl)c2F)nc2ccccn12. The van der Waals surface area contributed by atoms with Gasteiger partial charge in [-0.2, -0.15) is 4.98 Å². The van der Waals surface area contributed by atoms with Crippen molar-refractivity contribution in [2.24, 2.45) is 5.73 Å². The molecular formula is C15H13ClFN3O. The van der Waals surface area contributed by atoms with Crippen molar-refractivity contribution in [1.29, 1.82) is 0 Å². The number of nitrogens with two attached hydrogens (primary N) is 1. The van der Waals surface area contributed by atoms with Gasteiger partial charge >= 0.3 is 0 Å². The average molecular weight is 306 g/mol. The van der Waals surface area contributed by atoms with Crippen molar-refractivity contribution in [2.75, 3.05) is 6.54 Å². The number of imidazole rings is 1. The van der Waals surface area contributed by atoms with Crippen LogP contribution in [0.25, 0.3) is 5.65 Å². The first-order chi connectivity index (χ1) is 10.2. The zero-order valence-electron chi connectivity index (χ0n) is 11.1. The van der Waals surface area contributed by atoms with Crippen LogP contribution in [0.5, 0.6) is 11.6 Å². The van der Waals surface area contributed by atoms with E-state index in [0.717, 1.165) is 11.3 Å². The largest absolute Gasteiger partial charge is 0.434 e. The van der Waals surface area contributed by atoms with Crippen molar-refractivity contribution in [3.8, 4) is 11.6 Å². The van der Waals surface area contributed by atoms with Crippen LogP contribution in [0.2, 0.25) is 5.02 Å². The van der Waals surface area contributed by atoms with Crippen molar-refractivity contribution in [2.45, 2.75) is 6.42 Å². The zero-order chi connectivity index (χ0) is 14.8. The normalized spacial score (nSPS) is 11.0. The van der Waals surface area contributed by atoms with Gasteiger partial charge < -0.3 is 14.9 Å². The summed E-state index contributed by atoms with van der Waals surface area (Å²) in [4.78, 5) is 4.37. The molecule has 3 aromatic rings. The lowest BCUT2D eigenvalue weighted by atomic mass is 10.3. The van der Waals surface area contributed by atoms with Gasteiger partial charge in [0.25, 0.3) is 0 Å². The standard InChI is InChI=1S/C15H13ClFN3O/c16-10-4-3-5-12(14(10)17)21-15-11(7-8-18)20-9-2-1-6-13(20)19-15/h1-6,9H,7-8,18H2. The fourth-order valence-electron chi connectivity index (χ4n) is 2.14. The Balaban J connectivity index is 2.07. The number of ether oxygens (including phenoxy) is 1. The van der Waals surface area contributed by atoms with E-state index < -0.39 is 5.82 Å². The van der Waals surface area contributed by atoms with E-state index in [1.807, 2.05) is 28.8 Å². The summed E-state index contributed by atoms with van der Waals surface area (Å²) in [6.45, 7) is 0.442. The molecule has 2 heterocycles. The summed E-state index contributed by atoms with van der Waals surface area (Å²) in [5.74, 6) is -0.216. The van der Waals surface area contributed by atoms with Gasteiger partial charge in [-0.3, -0.25) is 0 Å². The molecule has 108 valence electrons. The number of halogens is 2. The van der Waals surface area contributed by atoms with Gasteiger partial charge in [0.15, 0.2) is 11.6 Å². The second-order valence-corrected chi connectivity index (χ2v) is 4.89. The summed E-state index contributed by atoms with van der Waals surface area (Å²) in [5.41, 5.74) is 7.15. The molecule has 0 radical (unpaired) electrons. The molecule has 0 aliphatic rings. The highest BCUT2D eigenvalue weighted by molar-refractivity contribution is 6.30. The van der Waals surface area contributed by atoms with Crippen molar-refractivity contribution in [3.05, 3.63) is 59.1 Å². The lowest BCUT2D eigenvalue weighted by molar-refractivity contribution is 0.425. The molecule has 0 fully saturated rings. The summed E-state index contributed by atoms with van der Waals surface area (Å²) < 4.78 is 21.4. The highest BCUT2D eigenvalue weighted by Gasteiger charge is 2.16. The first-order valence-electron chi connectivity index (χ1n) is 6.48. The molecule has 0 unspecified atom stereocenters. The number of fused-ring (bicyclic) bond motifs is 1. The fraction of sp³-hybridized carbons (Fsp3) is 0.133. The molecule has 0 aliphatic heterocycles. The summed E-state index contributed by atoms with van der Waals surface area (Å²) in [5, 5.41) is 0.0108. The van der Waals surface area contributed by atoms with Crippen LogP contribution in [0.3, 0.4) is 0 Å². The Kier molecular flexibility index (Phi) is 3.77. The second-order valence-electron chi connectivity index (χ2n) is 4.49. The van der Waals surface area contributed by atoms with E-state index in [1.165, 1.54) is 12.1 Å². The van der Waals surface area contributed by atoms with Crippen LogP contribution in [0.1, 0.15) is 5.69 Å². The Hall–Kier alpha value is -2.11. The van der Waals surface area contributed by atoms with Crippen molar-refractivity contribution < 1.29 is 9.13 Å². The summed E-state index contributed by atoms with van der Waals surface area (Å²) in [7, 11) is 0. The van der Waals surface area contributed by atoms with E-state index in [4.69, 9.17) is 22.1 Å². The van der Waals surface area contributed by atoms with E-state index in [2.05, 4.69) is 4.98 Å². The third kappa shape index (κ3) is 2.57. The van der Waals surface area contributed by atoms with Crippen molar-refractivity contribution >= 4 is 17.2 Å². The molecule has 0 saturated heterocycles. The Morgan fingerprint density at radius 3 is 2.90 bits per heavy atom. The third-order valence-corrected chi connectivity index (χ3v) is 3.39. The topological polar surface area (TPSA) is 52.5 Å². The fourth-order valence-corrected chi connectivity index (χ4v) is 2.30. The molecular weight excluding hydrogens is 293 g/mol. The molecule has 21 heavy (non-hydrogen) atoms. The molecule has 0 spiro atoms. The molecule has 0 amide bonds. The van der Waals surface area contributed by atoms with Crippen LogP contribution >= 0.6 is 11.6 Å². The molecule has 2 N–H and O–H groups in total. The van der Waals surface area contributed by atoms with Gasteiger partial charge in [0.2, 0.25) is 5.88 Å². The quantitative estimate of drug-likeness (QED) is 0.803. The predicted molar refractivity (Wildman–Crippen MR) is 79.4 cm³/mol. The predicted octanol–water partition coefficient (Wildman–Crippen LogP) is 3.42. The first-order valence-corrected chi connectivity index (χ1v) is 6.86. The minimum Gasteiger partial charge on any atom is -0.434 e. The Morgan fingerprint density at radius 2 is 2.10 bits per heavy atom. The van der Waals surface area contributed by atoms with Crippen molar-refractivity contribution in [1.82, 2.24) is 9.38 Å². The zero-order valence-corrected chi connectivity index (χ0v) is 11.8. The van der Waals surface area contributed by atoms with E-state index in [1.54, 1.807) is 6.07 Å². The van der Waals surface area contributed by atoms with E-state index in [0.29, 0.717) is 18.8 Å². The molecule has 0 saturated carbocycles. The van der Waals surface area contributed by atoms with Crippen LogP contribution < -0.4 is 10.5 Å². The van der Waals surface area contributed by atoms with Crippen molar-refractivity contribution in [3.63, 3.8) is 0 Å². The lowest BCUT2D eigenvalue weighted by Gasteiger charge is -2.07. The maximum absolute atomic E-state index is 13.9. The van der Waals surface area contributed by atoms with E-state index in [-0.39, 0.29) is 10.8 Å². The lowest BCUT2D eigenvalue weighted by Crippen LogP contribution is -2.06. The molecule has 6 heteroatoms. The first kappa shape index (κ1) is 13.9. The Morgan fingerprint density at radius 1 is 1.24 bits per heavy atom. The Labute approximate surface area is 125 Å². The highest BCUT2D eigenvalue weighted by atomic mass is 35.5. The molecule has 0 aliphatic carbocycles. The third-order valence-electron chi connectivity index (χ3n) is 3.10. The van der Waals surface area contributed by atoms with Gasteiger partial charge in [-0.25, -0.2) is 4.39 Å². The monoisotopic (exact) mass is 305 g/mol. The van der Waals surface area contributed by atoms with Crippen LogP contribution in [0, 0.1) is 5.82 Å². The van der Waals surface area contributed by atoms with Gasteiger partial charge in [-0.15, -0.1) is 0 Å². The van der Waals surface area contributed by atoms with Gasteiger partial charge in [0.05, 0.1) is 10.7 Å². The summed E-state index contributed by atoms with van der Waals surface area (Å²) >= 11 is 5.76. The maximum Gasteiger partial charge on any atom is 0.241 e. The Bertz CT molecular complexity index is 788. The smallest absolute Gasteiger partial charge is 0.241 e. The number of hydrogen-bond acceptors (Lipinski definition) is 3. The number of pyridine rings is 1. The number of nitrogens with zero attached hydrogens (tertiary/aromatic N) is 2. The number of hydrogen-bond donors (Lipinski definition) is 1. The molecule has 3 rings (SSSR count). The second kappa shape index (κ2) is 5.71. The minimum absolute atomic E-state index is 0.0108. The van der Waals surface area contributed by atoms with Crippen LogP contribution in [-0.4, -0.2) is 15.9 Å². The summed E-state index contributed by atoms with van der Waals surface area (Å²) in [6.07, 6.45) is 2.44. The molecule has 0 atom stereocenters. The summed E-state index contributed by atoms with van der Waals surface area (Å²) in [6, 6.07) is 10.2. The molecule has 4 nitrogen and oxygen atoms in total. The van der Waals surface area contributed by atoms with Gasteiger partial charge in [-0.05, 0) is 30.8 Å². The van der Waals surface area contributed by atoms with Crippen LogP contribution in [0.15, 0.2) is 42.6 Å². The van der Waals surface area contributed by atoms with Gasteiger partial charge in [-0.1, -0.05) is 23.7 Å². The number of benzene rings is 1. The van der Waals surface area contributed by atoms with E-state index >= 15 is 0 Å². The number of aromatic nitrogens is 2. The van der Waals surface area contributed by atoms with E-state index in [9.17, 15) is 4.39 Å². The minimum atomic E-state index is -0.602. The number of rotatable bonds is 4. The van der Waals surface area contributed by atoms with Crippen LogP contribution in [0.4, 0.5) is 4.39 Å². The highest BCUT2D eigenvalue weighted by Crippen LogP contribution is 2.30. The molecule has 2 aromatic heterocycles. The maximum atomic E-state index is 13.9. The average Bonchev–Trinajstić information content (AvgIpc) is 2.82. The van der Waals surface area contributed by atoms with Crippen LogP contribution in [-0.2, 0) is 6.42 Å².